The van der Waals surface area contributed by atoms with Gasteiger partial charge in [-0.3, -0.25) is 4.79 Å². The molecule has 0 bridgehead atoms. The van der Waals surface area contributed by atoms with Gasteiger partial charge in [-0.15, -0.1) is 5.10 Å². The highest BCUT2D eigenvalue weighted by molar-refractivity contribution is 5.90. The number of amides is 1. The second-order valence-electron chi connectivity index (χ2n) is 5.72. The minimum Gasteiger partial charge on any atom is -0.486 e. The molecule has 25 heavy (non-hydrogen) atoms. The minimum atomic E-state index is -0.317. The van der Waals surface area contributed by atoms with Crippen LogP contribution >= 0.6 is 0 Å². The first-order valence-corrected chi connectivity index (χ1v) is 8.06. The van der Waals surface area contributed by atoms with Crippen LogP contribution < -0.4 is 14.8 Å². The molecule has 0 saturated heterocycles. The van der Waals surface area contributed by atoms with Gasteiger partial charge in [0.25, 0.3) is 11.7 Å². The average molecular weight is 339 g/mol. The number of nitrogens with one attached hydrogen (secondary N) is 1. The monoisotopic (exact) mass is 339 g/mol. The number of hydrogen-bond acceptors (Lipinski definition) is 6. The van der Waals surface area contributed by atoms with Crippen LogP contribution in [0, 0.1) is 6.92 Å². The highest BCUT2D eigenvalue weighted by Crippen LogP contribution is 2.30. The van der Waals surface area contributed by atoms with E-state index in [0.29, 0.717) is 32.0 Å². The molecule has 1 aliphatic heterocycles. The minimum absolute atomic E-state index is 0.115. The number of aromatic nitrogens is 4. The number of hydrogen-bond donors (Lipinski definition) is 1. The van der Waals surface area contributed by atoms with Gasteiger partial charge in [-0.1, -0.05) is 6.07 Å². The Morgan fingerprint density at radius 1 is 1.24 bits per heavy atom. The molecule has 128 valence electrons. The molecule has 4 rings (SSSR count). The number of aryl methyl sites for hydroxylation is 1. The topological polar surface area (TPSA) is 90.6 Å². The molecule has 8 nitrogen and oxygen atoms in total. The molecule has 0 radical (unpaired) electrons. The Morgan fingerprint density at radius 3 is 2.92 bits per heavy atom. The quantitative estimate of drug-likeness (QED) is 0.767. The molecule has 0 aliphatic carbocycles. The molecule has 0 spiro atoms. The Balaban J connectivity index is 1.39. The molecule has 3 aromatic rings. The van der Waals surface area contributed by atoms with Crippen molar-refractivity contribution in [3.05, 3.63) is 47.5 Å². The predicted molar refractivity (Wildman–Crippen MR) is 89.0 cm³/mol. The van der Waals surface area contributed by atoms with Crippen LogP contribution in [0.25, 0.3) is 5.78 Å². The number of fused-ring (bicyclic) bond motifs is 2. The van der Waals surface area contributed by atoms with Crippen LogP contribution in [-0.4, -0.2) is 45.2 Å². The van der Waals surface area contributed by atoms with Gasteiger partial charge in [0, 0.05) is 18.4 Å². The van der Waals surface area contributed by atoms with Gasteiger partial charge < -0.3 is 14.8 Å². The molecule has 1 amide bonds. The SMILES string of the molecule is Cc1ccnc2nc(C(=O)NCCc3ccc4c(c3)OCCO4)nn12. The highest BCUT2D eigenvalue weighted by atomic mass is 16.6. The summed E-state index contributed by atoms with van der Waals surface area (Å²) < 4.78 is 12.6. The Bertz CT molecular complexity index is 937. The summed E-state index contributed by atoms with van der Waals surface area (Å²) in [6.45, 7) is 3.48. The van der Waals surface area contributed by atoms with E-state index in [0.717, 1.165) is 22.8 Å². The highest BCUT2D eigenvalue weighted by Gasteiger charge is 2.15. The Morgan fingerprint density at radius 2 is 2.08 bits per heavy atom. The van der Waals surface area contributed by atoms with Crippen molar-refractivity contribution in [3.8, 4) is 11.5 Å². The van der Waals surface area contributed by atoms with Gasteiger partial charge in [0.2, 0.25) is 5.82 Å². The lowest BCUT2D eigenvalue weighted by atomic mass is 10.1. The van der Waals surface area contributed by atoms with Crippen LogP contribution in [0.2, 0.25) is 0 Å². The third kappa shape index (κ3) is 3.10. The first kappa shape index (κ1) is 15.4. The molecule has 0 fully saturated rings. The van der Waals surface area contributed by atoms with Crippen LogP contribution in [0.3, 0.4) is 0 Å². The van der Waals surface area contributed by atoms with Crippen molar-refractivity contribution in [2.24, 2.45) is 0 Å². The summed E-state index contributed by atoms with van der Waals surface area (Å²) in [5, 5.41) is 7.02. The van der Waals surface area contributed by atoms with Crippen molar-refractivity contribution in [3.63, 3.8) is 0 Å². The normalized spacial score (nSPS) is 13.0. The molecule has 8 heteroatoms. The third-order valence-electron chi connectivity index (χ3n) is 3.94. The Hall–Kier alpha value is -3.16. The van der Waals surface area contributed by atoms with Gasteiger partial charge in [0.15, 0.2) is 11.5 Å². The van der Waals surface area contributed by atoms with E-state index in [2.05, 4.69) is 20.4 Å². The lowest BCUT2D eigenvalue weighted by Crippen LogP contribution is -2.27. The van der Waals surface area contributed by atoms with E-state index in [-0.39, 0.29) is 11.7 Å². The number of rotatable bonds is 4. The molecule has 1 aliphatic rings. The number of ether oxygens (including phenoxy) is 2. The standard InChI is InChI=1S/C17H17N5O3/c1-11-4-6-19-17-20-15(21-22(11)17)16(23)18-7-5-12-2-3-13-14(10-12)25-9-8-24-13/h2-4,6,10H,5,7-9H2,1H3,(H,18,23). The summed E-state index contributed by atoms with van der Waals surface area (Å²) >= 11 is 0. The van der Waals surface area contributed by atoms with Gasteiger partial charge in [-0.25, -0.2) is 9.50 Å². The van der Waals surface area contributed by atoms with Crippen molar-refractivity contribution < 1.29 is 14.3 Å². The molecular weight excluding hydrogens is 322 g/mol. The molecule has 0 unspecified atom stereocenters. The maximum Gasteiger partial charge on any atom is 0.291 e. The summed E-state index contributed by atoms with van der Waals surface area (Å²) in [6, 6.07) is 7.61. The Kier molecular flexibility index (Phi) is 3.93. The lowest BCUT2D eigenvalue weighted by Gasteiger charge is -2.18. The van der Waals surface area contributed by atoms with Gasteiger partial charge in [-0.2, -0.15) is 4.98 Å². The fourth-order valence-corrected chi connectivity index (χ4v) is 2.65. The van der Waals surface area contributed by atoms with E-state index < -0.39 is 0 Å². The van der Waals surface area contributed by atoms with E-state index in [1.807, 2.05) is 31.2 Å². The van der Waals surface area contributed by atoms with Gasteiger partial charge >= 0.3 is 0 Å². The van der Waals surface area contributed by atoms with Crippen LogP contribution in [0.4, 0.5) is 0 Å². The number of carbonyl (C=O) groups is 1. The fraction of sp³-hybridized carbons (Fsp3) is 0.294. The smallest absolute Gasteiger partial charge is 0.291 e. The summed E-state index contributed by atoms with van der Waals surface area (Å²) in [4.78, 5) is 20.5. The maximum atomic E-state index is 12.2. The fourth-order valence-electron chi connectivity index (χ4n) is 2.65. The summed E-state index contributed by atoms with van der Waals surface area (Å²) in [5.41, 5.74) is 1.93. The molecule has 2 aromatic heterocycles. The zero-order valence-electron chi connectivity index (χ0n) is 13.7. The third-order valence-corrected chi connectivity index (χ3v) is 3.94. The number of nitrogens with zero attached hydrogens (tertiary/aromatic N) is 4. The van der Waals surface area contributed by atoms with Gasteiger partial charge in [-0.05, 0) is 37.1 Å². The summed E-state index contributed by atoms with van der Waals surface area (Å²) in [6.07, 6.45) is 2.32. The zero-order chi connectivity index (χ0) is 17.2. The van der Waals surface area contributed by atoms with E-state index in [1.165, 1.54) is 0 Å². The number of benzene rings is 1. The average Bonchev–Trinajstić information content (AvgIpc) is 3.07. The van der Waals surface area contributed by atoms with E-state index in [9.17, 15) is 4.79 Å². The van der Waals surface area contributed by atoms with Crippen molar-refractivity contribution in [2.75, 3.05) is 19.8 Å². The molecule has 0 saturated carbocycles. The van der Waals surface area contributed by atoms with Gasteiger partial charge in [0.1, 0.15) is 13.2 Å². The molecular formula is C17H17N5O3. The van der Waals surface area contributed by atoms with E-state index in [1.54, 1.807) is 10.7 Å². The zero-order valence-corrected chi connectivity index (χ0v) is 13.7. The first-order valence-electron chi connectivity index (χ1n) is 8.06. The predicted octanol–water partition coefficient (Wildman–Crippen LogP) is 1.18. The summed E-state index contributed by atoms with van der Waals surface area (Å²) in [7, 11) is 0. The molecule has 1 N–H and O–H groups in total. The van der Waals surface area contributed by atoms with E-state index >= 15 is 0 Å². The van der Waals surface area contributed by atoms with Gasteiger partial charge in [0.05, 0.1) is 0 Å². The van der Waals surface area contributed by atoms with Crippen molar-refractivity contribution in [1.82, 2.24) is 24.9 Å². The van der Waals surface area contributed by atoms with E-state index in [4.69, 9.17) is 9.47 Å². The second-order valence-corrected chi connectivity index (χ2v) is 5.72. The van der Waals surface area contributed by atoms with Crippen molar-refractivity contribution >= 4 is 11.7 Å². The number of carbonyl (C=O) groups excluding carboxylic acids is 1. The molecule has 1 aromatic carbocycles. The largest absolute Gasteiger partial charge is 0.486 e. The first-order chi connectivity index (χ1) is 12.2. The van der Waals surface area contributed by atoms with Crippen molar-refractivity contribution in [2.45, 2.75) is 13.3 Å². The lowest BCUT2D eigenvalue weighted by molar-refractivity contribution is 0.0944. The van der Waals surface area contributed by atoms with Crippen LogP contribution in [0.5, 0.6) is 11.5 Å². The van der Waals surface area contributed by atoms with Crippen molar-refractivity contribution in [1.29, 1.82) is 0 Å². The van der Waals surface area contributed by atoms with Crippen LogP contribution in [-0.2, 0) is 6.42 Å². The second kappa shape index (κ2) is 6.39. The maximum absolute atomic E-state index is 12.2. The van der Waals surface area contributed by atoms with Crippen LogP contribution in [0.1, 0.15) is 21.9 Å². The Labute approximate surface area is 143 Å². The van der Waals surface area contributed by atoms with Crippen LogP contribution in [0.15, 0.2) is 30.5 Å². The summed E-state index contributed by atoms with van der Waals surface area (Å²) in [5.74, 6) is 1.72. The molecule has 0 atom stereocenters. The molecule has 3 heterocycles.